The van der Waals surface area contributed by atoms with Gasteiger partial charge in [0, 0.05) is 33.9 Å². The van der Waals surface area contributed by atoms with Gasteiger partial charge in [0.1, 0.15) is 5.75 Å². The van der Waals surface area contributed by atoms with Crippen LogP contribution in [-0.2, 0) is 0 Å². The fourth-order valence-corrected chi connectivity index (χ4v) is 7.54. The van der Waals surface area contributed by atoms with Gasteiger partial charge in [0.15, 0.2) is 0 Å². The summed E-state index contributed by atoms with van der Waals surface area (Å²) in [5.41, 5.74) is 12.4. The van der Waals surface area contributed by atoms with Crippen LogP contribution in [0.25, 0.3) is 29.0 Å². The highest BCUT2D eigenvalue weighted by Crippen LogP contribution is 2.44. The first-order valence-electron chi connectivity index (χ1n) is 20.0. The lowest BCUT2D eigenvalue weighted by Crippen LogP contribution is -2.15. The maximum absolute atomic E-state index is 6.32. The Hall–Kier alpha value is -6.32. The molecule has 0 aliphatic rings. The van der Waals surface area contributed by atoms with Gasteiger partial charge in [0.05, 0.1) is 18.0 Å². The van der Waals surface area contributed by atoms with E-state index in [0.717, 1.165) is 64.0 Å². The molecular weight excluding hydrogens is 681 g/mol. The molecule has 0 atom stereocenters. The molecular formula is C53H52N2O. The molecule has 0 bridgehead atoms. The number of ether oxygens (including phenoxy) is 1. The lowest BCUT2D eigenvalue weighted by molar-refractivity contribution is 0.303. The maximum Gasteiger partial charge on any atom is 0.122 e. The third kappa shape index (κ3) is 8.48. The number of nitrogens with zero attached hydrogens (tertiary/aromatic N) is 2. The zero-order valence-electron chi connectivity index (χ0n) is 33.2. The van der Waals surface area contributed by atoms with Crippen LogP contribution in [0, 0.1) is 13.8 Å². The Kier molecular flexibility index (Phi) is 12.4. The topological polar surface area (TPSA) is 15.7 Å². The van der Waals surface area contributed by atoms with E-state index in [9.17, 15) is 0 Å². The van der Waals surface area contributed by atoms with Crippen molar-refractivity contribution in [3.05, 3.63) is 192 Å². The molecule has 3 nitrogen and oxygen atoms in total. The van der Waals surface area contributed by atoms with Crippen LogP contribution >= 0.6 is 0 Å². The molecule has 0 amide bonds. The van der Waals surface area contributed by atoms with E-state index in [-0.39, 0.29) is 0 Å². The van der Waals surface area contributed by atoms with Crippen molar-refractivity contribution >= 4 is 63.1 Å². The Morgan fingerprint density at radius 1 is 0.500 bits per heavy atom. The number of aryl methyl sites for hydroxylation is 2. The van der Waals surface area contributed by atoms with Crippen LogP contribution < -0.4 is 14.5 Å². The van der Waals surface area contributed by atoms with Gasteiger partial charge >= 0.3 is 0 Å². The van der Waals surface area contributed by atoms with Crippen LogP contribution in [0.3, 0.4) is 0 Å². The summed E-state index contributed by atoms with van der Waals surface area (Å²) in [5.74, 6) is 0.975. The van der Waals surface area contributed by atoms with E-state index in [1.54, 1.807) is 0 Å². The second-order valence-electron chi connectivity index (χ2n) is 14.3. The number of hydrogen-bond acceptors (Lipinski definition) is 3. The van der Waals surface area contributed by atoms with E-state index in [4.69, 9.17) is 4.74 Å². The summed E-state index contributed by atoms with van der Waals surface area (Å²) in [6, 6.07) is 56.2. The fourth-order valence-electron chi connectivity index (χ4n) is 7.54. The quantitative estimate of drug-likeness (QED) is 0.0771. The first kappa shape index (κ1) is 38.0. The van der Waals surface area contributed by atoms with Gasteiger partial charge in [-0.05, 0) is 121 Å². The maximum atomic E-state index is 6.32. The van der Waals surface area contributed by atoms with E-state index in [1.807, 2.05) is 0 Å². The normalized spacial score (nSPS) is 11.4. The summed E-state index contributed by atoms with van der Waals surface area (Å²) in [6.07, 6.45) is 13.7. The molecule has 7 rings (SSSR count). The van der Waals surface area contributed by atoms with Crippen molar-refractivity contribution in [1.82, 2.24) is 0 Å². The summed E-state index contributed by atoms with van der Waals surface area (Å²) in [4.78, 5) is 4.73. The van der Waals surface area contributed by atoms with E-state index < -0.39 is 0 Å². The van der Waals surface area contributed by atoms with Crippen molar-refractivity contribution in [3.8, 4) is 5.75 Å². The molecule has 0 saturated heterocycles. The van der Waals surface area contributed by atoms with Gasteiger partial charge in [0.2, 0.25) is 0 Å². The number of allylic oxidation sites excluding steroid dienone is 1. The number of para-hydroxylation sites is 4. The minimum atomic E-state index is 0.752. The van der Waals surface area contributed by atoms with Crippen LogP contribution in [0.1, 0.15) is 67.3 Å². The van der Waals surface area contributed by atoms with E-state index in [2.05, 4.69) is 220 Å². The molecule has 0 aromatic heterocycles. The zero-order chi connectivity index (χ0) is 38.7. The van der Waals surface area contributed by atoms with Gasteiger partial charge in [-0.15, -0.1) is 0 Å². The third-order valence-corrected chi connectivity index (χ3v) is 10.4. The molecule has 0 fully saturated rings. The molecule has 7 aromatic rings. The molecule has 0 saturated carbocycles. The molecule has 7 aromatic carbocycles. The van der Waals surface area contributed by atoms with Crippen LogP contribution in [0.5, 0.6) is 5.75 Å². The van der Waals surface area contributed by atoms with Crippen LogP contribution in [-0.4, -0.2) is 6.61 Å². The molecule has 0 heterocycles. The summed E-state index contributed by atoms with van der Waals surface area (Å²) >= 11 is 0. The molecule has 0 N–H and O–H groups in total. The average molecular weight is 733 g/mol. The van der Waals surface area contributed by atoms with E-state index >= 15 is 0 Å². The Morgan fingerprint density at radius 3 is 1.46 bits per heavy atom. The zero-order valence-corrected chi connectivity index (χ0v) is 33.2. The Labute approximate surface area is 333 Å². The molecule has 56 heavy (non-hydrogen) atoms. The van der Waals surface area contributed by atoms with Gasteiger partial charge < -0.3 is 14.5 Å². The highest BCUT2D eigenvalue weighted by Gasteiger charge is 2.22. The number of fused-ring (bicyclic) bond motifs is 1. The minimum absolute atomic E-state index is 0.752. The lowest BCUT2D eigenvalue weighted by Gasteiger charge is -2.31. The summed E-state index contributed by atoms with van der Waals surface area (Å²) in [5, 5.41) is 2.45. The number of benzene rings is 7. The number of rotatable bonds is 15. The van der Waals surface area contributed by atoms with Crippen LogP contribution in [0.15, 0.2) is 164 Å². The standard InChI is InChI=1S/C53H52N2O/c1-5-7-8-21-37-56-53-36-35-50-48(40(3)31-33-49(50)41(53)4)34-32-43-39-51(54(44-23-13-9-14-24-44)45-25-15-10-16-26-45)42(22-6-2)38-52(43)55(46-27-17-11-18-28-46)47-29-19-12-20-30-47/h6,9-20,22-36,38-39H,5,7-8,21,37H2,1-4H3/b22-6+,34-32+. The van der Waals surface area contributed by atoms with Gasteiger partial charge in [0.25, 0.3) is 0 Å². The summed E-state index contributed by atoms with van der Waals surface area (Å²) < 4.78 is 6.32. The number of anilines is 6. The van der Waals surface area contributed by atoms with Crippen molar-refractivity contribution in [3.63, 3.8) is 0 Å². The molecule has 0 radical (unpaired) electrons. The first-order valence-corrected chi connectivity index (χ1v) is 20.0. The van der Waals surface area contributed by atoms with Crippen molar-refractivity contribution in [2.75, 3.05) is 16.4 Å². The largest absolute Gasteiger partial charge is 0.493 e. The number of hydrogen-bond donors (Lipinski definition) is 0. The predicted octanol–water partition coefficient (Wildman–Crippen LogP) is 15.6. The Balaban J connectivity index is 1.44. The smallest absolute Gasteiger partial charge is 0.122 e. The first-order chi connectivity index (χ1) is 27.6. The van der Waals surface area contributed by atoms with Crippen molar-refractivity contribution in [1.29, 1.82) is 0 Å². The van der Waals surface area contributed by atoms with Crippen LogP contribution in [0.2, 0.25) is 0 Å². The highest BCUT2D eigenvalue weighted by molar-refractivity contribution is 5.99. The van der Waals surface area contributed by atoms with Crippen LogP contribution in [0.4, 0.5) is 34.1 Å². The molecule has 0 spiro atoms. The monoisotopic (exact) mass is 732 g/mol. The van der Waals surface area contributed by atoms with Gasteiger partial charge in [-0.1, -0.05) is 141 Å². The lowest BCUT2D eigenvalue weighted by atomic mass is 9.95. The van der Waals surface area contributed by atoms with Crippen molar-refractivity contribution in [2.24, 2.45) is 0 Å². The van der Waals surface area contributed by atoms with E-state index in [0.29, 0.717) is 0 Å². The Bertz CT molecular complexity index is 2320. The molecule has 280 valence electrons. The fraction of sp³-hybridized carbons (Fsp3) is 0.170. The average Bonchev–Trinajstić information content (AvgIpc) is 3.24. The molecule has 3 heteroatoms. The van der Waals surface area contributed by atoms with Crippen molar-refractivity contribution < 1.29 is 4.74 Å². The molecule has 0 aliphatic carbocycles. The molecule has 0 aliphatic heterocycles. The van der Waals surface area contributed by atoms with E-state index in [1.165, 1.54) is 46.7 Å². The van der Waals surface area contributed by atoms with Gasteiger partial charge in [-0.25, -0.2) is 0 Å². The van der Waals surface area contributed by atoms with Crippen molar-refractivity contribution in [2.45, 2.75) is 53.4 Å². The van der Waals surface area contributed by atoms with Gasteiger partial charge in [-0.3, -0.25) is 0 Å². The Morgan fingerprint density at radius 2 is 0.982 bits per heavy atom. The SMILES string of the molecule is C/C=C/c1cc(N(c2ccccc2)c2ccccc2)c(/C=C/c2c(C)ccc3c(C)c(OCCCCCC)ccc23)cc1N(c1ccccc1)c1ccccc1. The predicted molar refractivity (Wildman–Crippen MR) is 243 cm³/mol. The third-order valence-electron chi connectivity index (χ3n) is 10.4. The second kappa shape index (κ2) is 18.3. The van der Waals surface area contributed by atoms with Gasteiger partial charge in [-0.2, -0.15) is 0 Å². The highest BCUT2D eigenvalue weighted by atomic mass is 16.5. The summed E-state index contributed by atoms with van der Waals surface area (Å²) in [6.45, 7) is 9.49. The number of unbranched alkanes of at least 4 members (excludes halogenated alkanes) is 3. The summed E-state index contributed by atoms with van der Waals surface area (Å²) in [7, 11) is 0. The molecule has 0 unspecified atom stereocenters. The second-order valence-corrected chi connectivity index (χ2v) is 14.3. The minimum Gasteiger partial charge on any atom is -0.493 e.